The zero-order valence-corrected chi connectivity index (χ0v) is 9.39. The summed E-state index contributed by atoms with van der Waals surface area (Å²) < 4.78 is 0. The van der Waals surface area contributed by atoms with Crippen LogP contribution >= 0.6 is 11.3 Å². The Bertz CT molecular complexity index is 293. The van der Waals surface area contributed by atoms with Gasteiger partial charge in [-0.05, 0) is 25.7 Å². The number of nitrogens with zero attached hydrogens (tertiary/aromatic N) is 2. The van der Waals surface area contributed by atoms with Gasteiger partial charge in [0.15, 0.2) is 5.13 Å². The Hall–Kier alpha value is -0.610. The van der Waals surface area contributed by atoms with Crippen LogP contribution in [0.5, 0.6) is 0 Å². The molecule has 1 saturated carbocycles. The van der Waals surface area contributed by atoms with Crippen LogP contribution in [0.4, 0.5) is 5.13 Å². The normalized spacial score (nSPS) is 15.9. The van der Waals surface area contributed by atoms with Crippen molar-refractivity contribution in [3.05, 3.63) is 11.1 Å². The number of hydrogen-bond donors (Lipinski definition) is 1. The molecule has 3 nitrogen and oxygen atoms in total. The molecule has 0 aromatic carbocycles. The van der Waals surface area contributed by atoms with E-state index >= 15 is 0 Å². The average Bonchev–Trinajstić information content (AvgIpc) is 2.90. The van der Waals surface area contributed by atoms with Crippen LogP contribution < -0.4 is 10.6 Å². The van der Waals surface area contributed by atoms with E-state index in [-0.39, 0.29) is 0 Å². The third kappa shape index (κ3) is 2.25. The number of nitrogens with two attached hydrogens (primary N) is 1. The smallest absolute Gasteiger partial charge is 0.185 e. The molecule has 1 heterocycles. The summed E-state index contributed by atoms with van der Waals surface area (Å²) in [6, 6.07) is 0. The highest BCUT2D eigenvalue weighted by Crippen LogP contribution is 2.32. The molecule has 2 N–H and O–H groups in total. The number of aromatic nitrogens is 1. The maximum absolute atomic E-state index is 5.54. The molecule has 1 fully saturated rings. The molecule has 0 radical (unpaired) electrons. The minimum absolute atomic E-state index is 0.553. The summed E-state index contributed by atoms with van der Waals surface area (Å²) >= 11 is 1.71. The minimum atomic E-state index is 0.553. The van der Waals surface area contributed by atoms with E-state index in [4.69, 9.17) is 5.73 Å². The fourth-order valence-electron chi connectivity index (χ4n) is 1.49. The Kier molecular flexibility index (Phi) is 3.03. The van der Waals surface area contributed by atoms with Gasteiger partial charge in [0.05, 0.1) is 5.69 Å². The molecule has 0 atom stereocenters. The highest BCUT2D eigenvalue weighted by Gasteiger charge is 2.24. The largest absolute Gasteiger partial charge is 0.348 e. The van der Waals surface area contributed by atoms with Crippen molar-refractivity contribution in [1.82, 2.24) is 4.98 Å². The Morgan fingerprint density at radius 1 is 1.64 bits per heavy atom. The fourth-order valence-corrected chi connectivity index (χ4v) is 2.40. The highest BCUT2D eigenvalue weighted by molar-refractivity contribution is 7.13. The predicted molar refractivity (Wildman–Crippen MR) is 60.6 cm³/mol. The van der Waals surface area contributed by atoms with Crippen molar-refractivity contribution in [3.63, 3.8) is 0 Å². The second-order valence-electron chi connectivity index (χ2n) is 3.81. The molecule has 0 bridgehead atoms. The molecular weight excluding hydrogens is 194 g/mol. The van der Waals surface area contributed by atoms with E-state index < -0.39 is 0 Å². The van der Waals surface area contributed by atoms with Crippen LogP contribution in [0.3, 0.4) is 0 Å². The van der Waals surface area contributed by atoms with Crippen molar-refractivity contribution < 1.29 is 0 Å². The standard InChI is InChI=1S/C10H17N3S/c1-2-13(6-8-3-4-8)10-12-9(5-11)7-14-10/h7-8H,2-6,11H2,1H3. The topological polar surface area (TPSA) is 42.2 Å². The average molecular weight is 211 g/mol. The number of hydrogen-bond acceptors (Lipinski definition) is 4. The fraction of sp³-hybridized carbons (Fsp3) is 0.700. The van der Waals surface area contributed by atoms with E-state index in [9.17, 15) is 0 Å². The first-order chi connectivity index (χ1) is 6.83. The van der Waals surface area contributed by atoms with Crippen molar-refractivity contribution in [2.45, 2.75) is 26.3 Å². The Balaban J connectivity index is 2.01. The van der Waals surface area contributed by atoms with Crippen molar-refractivity contribution >= 4 is 16.5 Å². The van der Waals surface area contributed by atoms with Crippen molar-refractivity contribution in [2.75, 3.05) is 18.0 Å². The predicted octanol–water partition coefficient (Wildman–Crippen LogP) is 1.84. The number of rotatable bonds is 5. The molecule has 2 rings (SSSR count). The summed E-state index contributed by atoms with van der Waals surface area (Å²) in [5.74, 6) is 0.917. The minimum Gasteiger partial charge on any atom is -0.348 e. The second-order valence-corrected chi connectivity index (χ2v) is 4.64. The van der Waals surface area contributed by atoms with E-state index in [1.54, 1.807) is 11.3 Å². The van der Waals surface area contributed by atoms with Crippen LogP contribution in [0.15, 0.2) is 5.38 Å². The van der Waals surface area contributed by atoms with Crippen LogP contribution in [0, 0.1) is 5.92 Å². The summed E-state index contributed by atoms with van der Waals surface area (Å²) in [6.07, 6.45) is 2.79. The van der Waals surface area contributed by atoms with Gasteiger partial charge in [0.1, 0.15) is 0 Å². The van der Waals surface area contributed by atoms with Crippen LogP contribution in [-0.4, -0.2) is 18.1 Å². The monoisotopic (exact) mass is 211 g/mol. The summed E-state index contributed by atoms with van der Waals surface area (Å²) in [4.78, 5) is 6.86. The zero-order valence-electron chi connectivity index (χ0n) is 8.57. The van der Waals surface area contributed by atoms with Gasteiger partial charge in [-0.3, -0.25) is 0 Å². The quantitative estimate of drug-likeness (QED) is 0.808. The molecule has 1 aliphatic rings. The molecule has 1 aromatic heterocycles. The van der Waals surface area contributed by atoms with Gasteiger partial charge in [0.2, 0.25) is 0 Å². The Morgan fingerprint density at radius 3 is 2.93 bits per heavy atom. The van der Waals surface area contributed by atoms with Gasteiger partial charge >= 0.3 is 0 Å². The summed E-state index contributed by atoms with van der Waals surface area (Å²) in [5.41, 5.74) is 6.56. The molecule has 0 unspecified atom stereocenters. The van der Waals surface area contributed by atoms with Crippen LogP contribution in [-0.2, 0) is 6.54 Å². The summed E-state index contributed by atoms with van der Waals surface area (Å²) in [6.45, 7) is 4.96. The first-order valence-electron chi connectivity index (χ1n) is 5.23. The molecular formula is C10H17N3S. The van der Waals surface area contributed by atoms with E-state index in [0.29, 0.717) is 6.54 Å². The third-order valence-corrected chi connectivity index (χ3v) is 3.53. The molecule has 0 spiro atoms. The molecule has 0 amide bonds. The second kappa shape index (κ2) is 4.28. The van der Waals surface area contributed by atoms with Gasteiger partial charge in [0.25, 0.3) is 0 Å². The molecule has 14 heavy (non-hydrogen) atoms. The van der Waals surface area contributed by atoms with Crippen molar-refractivity contribution in [2.24, 2.45) is 11.7 Å². The molecule has 1 aromatic rings. The third-order valence-electron chi connectivity index (χ3n) is 2.58. The lowest BCUT2D eigenvalue weighted by Gasteiger charge is -2.19. The van der Waals surface area contributed by atoms with Gasteiger partial charge in [-0.15, -0.1) is 11.3 Å². The molecule has 0 aliphatic heterocycles. The van der Waals surface area contributed by atoms with Crippen molar-refractivity contribution in [3.8, 4) is 0 Å². The lowest BCUT2D eigenvalue weighted by atomic mass is 10.4. The van der Waals surface area contributed by atoms with E-state index in [0.717, 1.165) is 23.3 Å². The van der Waals surface area contributed by atoms with Gasteiger partial charge in [-0.2, -0.15) is 0 Å². The zero-order chi connectivity index (χ0) is 9.97. The van der Waals surface area contributed by atoms with E-state index in [1.807, 2.05) is 0 Å². The van der Waals surface area contributed by atoms with Crippen molar-refractivity contribution in [1.29, 1.82) is 0 Å². The van der Waals surface area contributed by atoms with Gasteiger partial charge < -0.3 is 10.6 Å². The molecule has 4 heteroatoms. The van der Waals surface area contributed by atoms with Gasteiger partial charge in [0, 0.05) is 25.0 Å². The highest BCUT2D eigenvalue weighted by atomic mass is 32.1. The molecule has 1 aliphatic carbocycles. The van der Waals surface area contributed by atoms with Crippen LogP contribution in [0.1, 0.15) is 25.5 Å². The van der Waals surface area contributed by atoms with E-state index in [1.165, 1.54) is 19.4 Å². The maximum Gasteiger partial charge on any atom is 0.185 e. The Morgan fingerprint density at radius 2 is 2.43 bits per heavy atom. The summed E-state index contributed by atoms with van der Waals surface area (Å²) in [7, 11) is 0. The maximum atomic E-state index is 5.54. The Labute approximate surface area is 88.9 Å². The van der Waals surface area contributed by atoms with Gasteiger partial charge in [-0.1, -0.05) is 0 Å². The molecule has 78 valence electrons. The first-order valence-corrected chi connectivity index (χ1v) is 6.11. The summed E-state index contributed by atoms with van der Waals surface area (Å²) in [5, 5.41) is 3.20. The van der Waals surface area contributed by atoms with Crippen LogP contribution in [0.2, 0.25) is 0 Å². The SMILES string of the molecule is CCN(CC1CC1)c1nc(CN)cs1. The first kappa shape index (κ1) is 9.93. The lowest BCUT2D eigenvalue weighted by Crippen LogP contribution is -2.25. The van der Waals surface area contributed by atoms with Gasteiger partial charge in [-0.25, -0.2) is 4.98 Å². The molecule has 0 saturated heterocycles. The lowest BCUT2D eigenvalue weighted by molar-refractivity contribution is 0.737. The van der Waals surface area contributed by atoms with Crippen LogP contribution in [0.25, 0.3) is 0 Å². The number of thiazole rings is 1. The van der Waals surface area contributed by atoms with E-state index in [2.05, 4.69) is 22.2 Å². The number of anilines is 1.